The van der Waals surface area contributed by atoms with Crippen LogP contribution in [-0.4, -0.2) is 30.7 Å². The van der Waals surface area contributed by atoms with Gasteiger partial charge in [0.15, 0.2) is 0 Å². The number of hydrogen-bond donors (Lipinski definition) is 2. The fourth-order valence-electron chi connectivity index (χ4n) is 2.83. The molecule has 0 saturated carbocycles. The minimum atomic E-state index is -0.209. The van der Waals surface area contributed by atoms with Crippen LogP contribution >= 0.6 is 11.8 Å². The van der Waals surface area contributed by atoms with Gasteiger partial charge in [-0.3, -0.25) is 9.59 Å². The topological polar surface area (TPSA) is 67.4 Å². The fourth-order valence-corrected chi connectivity index (χ4v) is 3.65. The van der Waals surface area contributed by atoms with Crippen LogP contribution in [0.25, 0.3) is 0 Å². The fraction of sp³-hybridized carbons (Fsp3) is 0.273. The highest BCUT2D eigenvalue weighted by Crippen LogP contribution is 2.26. The van der Waals surface area contributed by atoms with Crippen molar-refractivity contribution in [2.24, 2.45) is 0 Å². The van der Waals surface area contributed by atoms with E-state index in [4.69, 9.17) is 4.74 Å². The van der Waals surface area contributed by atoms with Crippen molar-refractivity contribution in [2.75, 3.05) is 24.2 Å². The summed E-state index contributed by atoms with van der Waals surface area (Å²) in [4.78, 5) is 25.4. The first-order chi connectivity index (χ1) is 13.5. The number of hydrogen-bond acceptors (Lipinski definition) is 4. The molecule has 1 aliphatic rings. The number of allylic oxidation sites excluding steroid dienone is 1. The first-order valence-corrected chi connectivity index (χ1v) is 10.2. The molecule has 146 valence electrons. The lowest BCUT2D eigenvalue weighted by Gasteiger charge is -2.17. The van der Waals surface area contributed by atoms with Crippen LogP contribution in [0.4, 0.5) is 5.69 Å². The van der Waals surface area contributed by atoms with Gasteiger partial charge in [-0.15, -0.1) is 11.8 Å². The van der Waals surface area contributed by atoms with Crippen LogP contribution in [0, 0.1) is 6.92 Å². The Bertz CT molecular complexity index is 891. The van der Waals surface area contributed by atoms with E-state index in [1.54, 1.807) is 31.2 Å². The summed E-state index contributed by atoms with van der Waals surface area (Å²) in [6.45, 7) is 5.01. The molecule has 0 spiro atoms. The van der Waals surface area contributed by atoms with E-state index in [9.17, 15) is 9.59 Å². The highest BCUT2D eigenvalue weighted by atomic mass is 32.2. The average Bonchev–Trinajstić information content (AvgIpc) is 2.70. The van der Waals surface area contributed by atoms with Crippen molar-refractivity contribution < 1.29 is 14.3 Å². The van der Waals surface area contributed by atoms with Gasteiger partial charge in [0, 0.05) is 23.5 Å². The van der Waals surface area contributed by atoms with Crippen molar-refractivity contribution in [3.8, 4) is 0 Å². The first kappa shape index (κ1) is 20.0. The van der Waals surface area contributed by atoms with Crippen molar-refractivity contribution in [3.05, 3.63) is 75.9 Å². The first-order valence-electron chi connectivity index (χ1n) is 9.24. The van der Waals surface area contributed by atoms with Gasteiger partial charge in [0.05, 0.1) is 6.61 Å². The second-order valence-corrected chi connectivity index (χ2v) is 7.71. The minimum Gasteiger partial charge on any atom is -0.496 e. The summed E-state index contributed by atoms with van der Waals surface area (Å²) in [6.07, 6.45) is 0.771. The van der Waals surface area contributed by atoms with Crippen molar-refractivity contribution in [3.63, 3.8) is 0 Å². The van der Waals surface area contributed by atoms with Gasteiger partial charge < -0.3 is 15.4 Å². The van der Waals surface area contributed by atoms with Crippen LogP contribution in [-0.2, 0) is 16.0 Å². The number of carbonyl (C=O) groups is 2. The third kappa shape index (κ3) is 5.39. The maximum atomic E-state index is 12.4. The number of nitrogens with one attached hydrogen (secondary N) is 2. The summed E-state index contributed by atoms with van der Waals surface area (Å²) in [6, 6.07) is 15.2. The van der Waals surface area contributed by atoms with E-state index in [-0.39, 0.29) is 11.8 Å². The number of amides is 2. The molecule has 0 aromatic heterocycles. The number of thioether (sulfide) groups is 1. The Morgan fingerprint density at radius 3 is 2.61 bits per heavy atom. The van der Waals surface area contributed by atoms with Crippen molar-refractivity contribution in [1.82, 2.24) is 5.32 Å². The Labute approximate surface area is 169 Å². The molecule has 6 heteroatoms. The standard InChI is InChI=1S/C22H24N2O3S/c1-15-6-8-17(9-7-15)10-11-23-21(25)18-4-3-5-19(14-18)24-22(26)20-16(2)27-12-13-28-20/h3-9,14H,10-13H2,1-2H3,(H,23,25)(H,24,26). The lowest BCUT2D eigenvalue weighted by Crippen LogP contribution is -2.26. The average molecular weight is 397 g/mol. The van der Waals surface area contributed by atoms with Crippen molar-refractivity contribution in [1.29, 1.82) is 0 Å². The van der Waals surface area contributed by atoms with E-state index in [0.717, 1.165) is 12.2 Å². The van der Waals surface area contributed by atoms with Crippen molar-refractivity contribution in [2.45, 2.75) is 20.3 Å². The second kappa shape index (κ2) is 9.46. The van der Waals surface area contributed by atoms with Gasteiger partial charge in [-0.1, -0.05) is 35.9 Å². The van der Waals surface area contributed by atoms with E-state index in [1.165, 1.54) is 22.9 Å². The van der Waals surface area contributed by atoms with E-state index in [1.807, 2.05) is 0 Å². The highest BCUT2D eigenvalue weighted by molar-refractivity contribution is 8.04. The lowest BCUT2D eigenvalue weighted by molar-refractivity contribution is -0.112. The zero-order chi connectivity index (χ0) is 19.9. The van der Waals surface area contributed by atoms with Crippen LogP contribution in [0.2, 0.25) is 0 Å². The summed E-state index contributed by atoms with van der Waals surface area (Å²) in [5, 5.41) is 5.77. The van der Waals surface area contributed by atoms with Crippen LogP contribution in [0.1, 0.15) is 28.4 Å². The summed E-state index contributed by atoms with van der Waals surface area (Å²) in [5.41, 5.74) is 3.50. The lowest BCUT2D eigenvalue weighted by atomic mass is 10.1. The van der Waals surface area contributed by atoms with E-state index in [2.05, 4.69) is 41.8 Å². The molecule has 5 nitrogen and oxygen atoms in total. The number of carbonyl (C=O) groups excluding carboxylic acids is 2. The van der Waals surface area contributed by atoms with E-state index >= 15 is 0 Å². The Hall–Kier alpha value is -2.73. The summed E-state index contributed by atoms with van der Waals surface area (Å²) in [5.74, 6) is 1.02. The number of ether oxygens (including phenoxy) is 1. The molecular weight excluding hydrogens is 372 g/mol. The molecule has 2 N–H and O–H groups in total. The molecule has 3 rings (SSSR count). The number of aryl methyl sites for hydroxylation is 1. The van der Waals surface area contributed by atoms with Gasteiger partial charge in [-0.05, 0) is 44.0 Å². The normalized spacial score (nSPS) is 13.6. The van der Waals surface area contributed by atoms with Crippen LogP contribution < -0.4 is 10.6 Å². The molecule has 1 heterocycles. The quantitative estimate of drug-likeness (QED) is 0.777. The zero-order valence-corrected chi connectivity index (χ0v) is 16.9. The third-order valence-corrected chi connectivity index (χ3v) is 5.51. The van der Waals surface area contributed by atoms with Crippen LogP contribution in [0.3, 0.4) is 0 Å². The van der Waals surface area contributed by atoms with Gasteiger partial charge in [0.1, 0.15) is 10.7 Å². The van der Waals surface area contributed by atoms with Gasteiger partial charge in [-0.2, -0.15) is 0 Å². The molecule has 0 aliphatic carbocycles. The van der Waals surface area contributed by atoms with Gasteiger partial charge in [-0.25, -0.2) is 0 Å². The molecule has 0 bridgehead atoms. The zero-order valence-electron chi connectivity index (χ0n) is 16.1. The maximum Gasteiger partial charge on any atom is 0.265 e. The molecule has 2 amide bonds. The summed E-state index contributed by atoms with van der Waals surface area (Å²) >= 11 is 1.48. The molecule has 2 aromatic carbocycles. The molecule has 28 heavy (non-hydrogen) atoms. The molecular formula is C22H24N2O3S. The number of benzene rings is 2. The monoisotopic (exact) mass is 396 g/mol. The van der Waals surface area contributed by atoms with Gasteiger partial charge in [0.2, 0.25) is 0 Å². The maximum absolute atomic E-state index is 12.4. The number of rotatable bonds is 6. The van der Waals surface area contributed by atoms with Gasteiger partial charge in [0.25, 0.3) is 11.8 Å². The molecule has 2 aromatic rings. The molecule has 0 radical (unpaired) electrons. The smallest absolute Gasteiger partial charge is 0.265 e. The van der Waals surface area contributed by atoms with E-state index < -0.39 is 0 Å². The molecule has 0 unspecified atom stereocenters. The van der Waals surface area contributed by atoms with Gasteiger partial charge >= 0.3 is 0 Å². The largest absolute Gasteiger partial charge is 0.496 e. The van der Waals surface area contributed by atoms with E-state index in [0.29, 0.717) is 35.1 Å². The molecule has 1 aliphatic heterocycles. The Kier molecular flexibility index (Phi) is 6.76. The Morgan fingerprint density at radius 2 is 1.86 bits per heavy atom. The summed E-state index contributed by atoms with van der Waals surface area (Å²) < 4.78 is 5.43. The SMILES string of the molecule is CC1=C(C(=O)Nc2cccc(C(=O)NCCc3ccc(C)cc3)c2)SCCO1. The summed E-state index contributed by atoms with van der Waals surface area (Å²) in [7, 11) is 0. The van der Waals surface area contributed by atoms with Crippen molar-refractivity contribution >= 4 is 29.3 Å². The predicted molar refractivity (Wildman–Crippen MR) is 113 cm³/mol. The number of anilines is 1. The van der Waals surface area contributed by atoms with Crippen LogP contribution in [0.15, 0.2) is 59.2 Å². The third-order valence-electron chi connectivity index (χ3n) is 4.38. The Balaban J connectivity index is 1.56. The predicted octanol–water partition coefficient (Wildman–Crippen LogP) is 3.90. The molecule has 0 saturated heterocycles. The van der Waals surface area contributed by atoms with Crippen LogP contribution in [0.5, 0.6) is 0 Å². The second-order valence-electron chi connectivity index (χ2n) is 6.61. The molecule has 0 atom stereocenters. The highest BCUT2D eigenvalue weighted by Gasteiger charge is 2.19. The molecule has 0 fully saturated rings. The Morgan fingerprint density at radius 1 is 1.07 bits per heavy atom. The minimum absolute atomic E-state index is 0.158.